The summed E-state index contributed by atoms with van der Waals surface area (Å²) in [6, 6.07) is 3.93. The zero-order valence-corrected chi connectivity index (χ0v) is 25.5. The van der Waals surface area contributed by atoms with Crippen LogP contribution in [0.2, 0.25) is 0 Å². The van der Waals surface area contributed by atoms with Crippen molar-refractivity contribution in [1.29, 1.82) is 10.5 Å². The Bertz CT molecular complexity index is 674. The number of nitriles is 2. The second kappa shape index (κ2) is 27.5. The molecule has 38 heavy (non-hydrogen) atoms. The predicted octanol–water partition coefficient (Wildman–Crippen LogP) is 7.91. The van der Waals surface area contributed by atoms with E-state index >= 15 is 0 Å². The van der Waals surface area contributed by atoms with Crippen LogP contribution in [0, 0.1) is 22.7 Å². The van der Waals surface area contributed by atoms with Crippen LogP contribution < -0.4 is 0 Å². The molecule has 0 heterocycles. The van der Waals surface area contributed by atoms with Crippen molar-refractivity contribution < 1.29 is 27.8 Å². The second-order valence-corrected chi connectivity index (χ2v) is 12.5. The number of carbonyl (C=O) groups is 1. The molecular formula is C28H51N2O6PS. The lowest BCUT2D eigenvalue weighted by atomic mass is 10.0. The molecule has 0 aromatic carbocycles. The summed E-state index contributed by atoms with van der Waals surface area (Å²) in [5.74, 6) is -0.297. The molecule has 0 saturated heterocycles. The molecule has 0 aromatic rings. The molecule has 0 N–H and O–H groups in total. The summed E-state index contributed by atoms with van der Waals surface area (Å²) in [6.45, 7) is -0.679. The second-order valence-electron chi connectivity index (χ2n) is 9.49. The molecule has 1 atom stereocenters. The fraction of sp³-hybridized carbons (Fsp3) is 0.893. The van der Waals surface area contributed by atoms with Gasteiger partial charge >= 0.3 is 12.7 Å². The van der Waals surface area contributed by atoms with Crippen LogP contribution in [0.1, 0.15) is 122 Å². The van der Waals surface area contributed by atoms with Gasteiger partial charge in [-0.2, -0.15) is 10.5 Å². The first-order valence-electron chi connectivity index (χ1n) is 14.5. The van der Waals surface area contributed by atoms with Crippen LogP contribution in [0.4, 0.5) is 0 Å². The molecule has 0 aliphatic carbocycles. The summed E-state index contributed by atoms with van der Waals surface area (Å²) in [4.78, 5) is 12.3. The van der Waals surface area contributed by atoms with Gasteiger partial charge < -0.3 is 23.0 Å². The minimum atomic E-state index is -3.17. The minimum absolute atomic E-state index is 0.0468. The first kappa shape index (κ1) is 36.9. The topological polar surface area (TPSA) is 111 Å². The summed E-state index contributed by atoms with van der Waals surface area (Å²) in [5, 5.41) is 17.4. The van der Waals surface area contributed by atoms with Gasteiger partial charge in [-0.1, -0.05) is 96.8 Å². The smallest absolute Gasteiger partial charge is 0.327 e. The summed E-state index contributed by atoms with van der Waals surface area (Å²) >= 11 is 5.36. The maximum atomic E-state index is 12.3. The van der Waals surface area contributed by atoms with E-state index in [1.54, 1.807) is 0 Å². The molecule has 0 rings (SSSR count). The molecule has 0 aromatic heterocycles. The number of rotatable bonds is 28. The van der Waals surface area contributed by atoms with Crippen molar-refractivity contribution in [1.82, 2.24) is 0 Å². The number of hydrogen-bond acceptors (Lipinski definition) is 9. The Morgan fingerprint density at radius 3 is 1.61 bits per heavy atom. The molecule has 10 heteroatoms. The Kier molecular flexibility index (Phi) is 26.7. The van der Waals surface area contributed by atoms with E-state index in [1.807, 2.05) is 12.1 Å². The lowest BCUT2D eigenvalue weighted by Crippen LogP contribution is -2.28. The molecule has 0 saturated carbocycles. The number of methoxy groups -OCH3 is 1. The monoisotopic (exact) mass is 574 g/mol. The van der Waals surface area contributed by atoms with Crippen LogP contribution in [0.3, 0.4) is 0 Å². The first-order chi connectivity index (χ1) is 18.5. The minimum Gasteiger partial charge on any atom is -0.457 e. The van der Waals surface area contributed by atoms with Gasteiger partial charge in [0.2, 0.25) is 0 Å². The normalized spacial score (nSPS) is 12.1. The van der Waals surface area contributed by atoms with Gasteiger partial charge in [0.1, 0.15) is 6.10 Å². The van der Waals surface area contributed by atoms with E-state index in [0.717, 1.165) is 19.3 Å². The molecule has 0 spiro atoms. The molecule has 0 aliphatic rings. The molecule has 1 unspecified atom stereocenters. The maximum Gasteiger partial charge on any atom is 0.327 e. The zero-order chi connectivity index (χ0) is 28.2. The van der Waals surface area contributed by atoms with Crippen LogP contribution in [0.15, 0.2) is 0 Å². The lowest BCUT2D eigenvalue weighted by molar-refractivity contribution is -0.153. The highest BCUT2D eigenvalue weighted by Gasteiger charge is 2.24. The molecule has 0 amide bonds. The van der Waals surface area contributed by atoms with Gasteiger partial charge in [0, 0.05) is 13.5 Å². The van der Waals surface area contributed by atoms with Gasteiger partial charge in [-0.3, -0.25) is 4.79 Å². The standard InChI is InChI=1S/C28H51N2O6PS/c1-3-4-5-6-7-8-9-10-11-12-13-14-15-16-17-20-28(31)36-27(25-32-2)26-35-37(38,33-23-18-21-29)34-24-19-22-30/h27H,3-20,23-26H2,1-2H3. The molecular weight excluding hydrogens is 523 g/mol. The predicted molar refractivity (Wildman–Crippen MR) is 154 cm³/mol. The molecule has 0 fully saturated rings. The largest absolute Gasteiger partial charge is 0.457 e. The average Bonchev–Trinajstić information content (AvgIpc) is 2.90. The van der Waals surface area contributed by atoms with Crippen molar-refractivity contribution in [2.24, 2.45) is 0 Å². The van der Waals surface area contributed by atoms with Gasteiger partial charge in [0.15, 0.2) is 0 Å². The quantitative estimate of drug-likeness (QED) is 0.0523. The zero-order valence-electron chi connectivity index (χ0n) is 23.8. The van der Waals surface area contributed by atoms with Gasteiger partial charge in [0.25, 0.3) is 0 Å². The molecule has 0 aliphatic heterocycles. The van der Waals surface area contributed by atoms with E-state index < -0.39 is 12.8 Å². The van der Waals surface area contributed by atoms with Crippen LogP contribution in [-0.4, -0.2) is 45.6 Å². The summed E-state index contributed by atoms with van der Waals surface area (Å²) in [7, 11) is 1.51. The number of ether oxygens (including phenoxy) is 2. The van der Waals surface area contributed by atoms with Crippen molar-refractivity contribution in [2.45, 2.75) is 129 Å². The number of unbranched alkanes of at least 4 members (excludes halogenated alkanes) is 14. The van der Waals surface area contributed by atoms with E-state index in [0.29, 0.717) is 6.42 Å². The van der Waals surface area contributed by atoms with Crippen molar-refractivity contribution in [3.8, 4) is 12.1 Å². The fourth-order valence-corrected chi connectivity index (χ4v) is 5.71. The van der Waals surface area contributed by atoms with Gasteiger partial charge in [-0.25, -0.2) is 0 Å². The van der Waals surface area contributed by atoms with Crippen LogP contribution in [0.5, 0.6) is 0 Å². The van der Waals surface area contributed by atoms with E-state index in [1.165, 1.54) is 84.2 Å². The first-order valence-corrected chi connectivity index (χ1v) is 17.0. The van der Waals surface area contributed by atoms with Crippen LogP contribution in [-0.2, 0) is 39.6 Å². The van der Waals surface area contributed by atoms with E-state index in [9.17, 15) is 4.79 Å². The van der Waals surface area contributed by atoms with E-state index in [4.69, 9.17) is 45.4 Å². The van der Waals surface area contributed by atoms with Crippen molar-refractivity contribution in [2.75, 3.05) is 33.5 Å². The Morgan fingerprint density at radius 1 is 0.737 bits per heavy atom. The van der Waals surface area contributed by atoms with E-state index in [-0.39, 0.29) is 45.2 Å². The maximum absolute atomic E-state index is 12.3. The summed E-state index contributed by atoms with van der Waals surface area (Å²) in [6.07, 6.45) is 19.1. The van der Waals surface area contributed by atoms with E-state index in [2.05, 4.69) is 6.92 Å². The van der Waals surface area contributed by atoms with Gasteiger partial charge in [-0.05, 0) is 18.2 Å². The lowest BCUT2D eigenvalue weighted by Gasteiger charge is -2.24. The van der Waals surface area contributed by atoms with Crippen LogP contribution >= 0.6 is 6.72 Å². The highest BCUT2D eigenvalue weighted by molar-refractivity contribution is 8.07. The third kappa shape index (κ3) is 24.0. The van der Waals surface area contributed by atoms with Crippen molar-refractivity contribution in [3.63, 3.8) is 0 Å². The van der Waals surface area contributed by atoms with Gasteiger partial charge in [0.05, 0.1) is 51.4 Å². The number of carbonyl (C=O) groups excluding carboxylic acids is 1. The number of hydrogen-bond donors (Lipinski definition) is 0. The Hall–Kier alpha value is -1.06. The fourth-order valence-electron chi connectivity index (χ4n) is 3.88. The number of nitrogens with zero attached hydrogens (tertiary/aromatic N) is 2. The Labute approximate surface area is 236 Å². The molecule has 8 nitrogen and oxygen atoms in total. The average molecular weight is 575 g/mol. The Morgan fingerprint density at radius 2 is 1.18 bits per heavy atom. The highest BCUT2D eigenvalue weighted by atomic mass is 32.5. The molecule has 220 valence electrons. The molecule has 0 bridgehead atoms. The van der Waals surface area contributed by atoms with Gasteiger partial charge in [-0.15, -0.1) is 0 Å². The summed E-state index contributed by atoms with van der Waals surface area (Å²) < 4.78 is 27.3. The third-order valence-electron chi connectivity index (χ3n) is 5.98. The van der Waals surface area contributed by atoms with Crippen molar-refractivity contribution in [3.05, 3.63) is 0 Å². The third-order valence-corrected chi connectivity index (χ3v) is 8.39. The SMILES string of the molecule is CCCCCCCCCCCCCCCCCC(=O)OC(COC)COP(=S)(OCCC#N)OCCC#N. The highest BCUT2D eigenvalue weighted by Crippen LogP contribution is 2.50. The van der Waals surface area contributed by atoms with Crippen molar-refractivity contribution >= 4 is 24.5 Å². The Balaban J connectivity index is 4.01. The summed E-state index contributed by atoms with van der Waals surface area (Å²) in [5.41, 5.74) is 0. The molecule has 0 radical (unpaired) electrons. The number of esters is 1. The van der Waals surface area contributed by atoms with Crippen LogP contribution in [0.25, 0.3) is 0 Å².